The Kier molecular flexibility index (Phi) is 7.29. The van der Waals surface area contributed by atoms with Crippen molar-refractivity contribution >= 4 is 45.6 Å². The predicted octanol–water partition coefficient (Wildman–Crippen LogP) is 4.30. The van der Waals surface area contributed by atoms with Crippen molar-refractivity contribution in [2.75, 3.05) is 24.1 Å². The van der Waals surface area contributed by atoms with Crippen LogP contribution in [-0.2, 0) is 11.3 Å². The molecule has 0 saturated carbocycles. The SMILES string of the molecule is Cl.Nc1cccc(CN2CCC(C(=O)Nc3ccccc3Br)CC2)c1. The number of nitrogens with one attached hydrogen (secondary N) is 1. The normalized spacial score (nSPS) is 15.4. The van der Waals surface area contributed by atoms with Crippen LogP contribution in [0.25, 0.3) is 0 Å². The molecule has 0 bridgehead atoms. The number of carbonyl (C=O) groups excluding carboxylic acids is 1. The maximum Gasteiger partial charge on any atom is 0.227 e. The molecule has 25 heavy (non-hydrogen) atoms. The van der Waals surface area contributed by atoms with Crippen LogP contribution < -0.4 is 11.1 Å². The molecule has 4 nitrogen and oxygen atoms in total. The van der Waals surface area contributed by atoms with E-state index in [0.717, 1.165) is 48.3 Å². The van der Waals surface area contributed by atoms with Crippen molar-refractivity contribution in [2.45, 2.75) is 19.4 Å². The minimum Gasteiger partial charge on any atom is -0.399 e. The molecular formula is C19H23BrClN3O. The fourth-order valence-electron chi connectivity index (χ4n) is 3.10. The first-order valence-electron chi connectivity index (χ1n) is 8.24. The van der Waals surface area contributed by atoms with Crippen molar-refractivity contribution < 1.29 is 4.79 Å². The van der Waals surface area contributed by atoms with Gasteiger partial charge in [0.2, 0.25) is 5.91 Å². The third kappa shape index (κ3) is 5.46. The molecule has 3 rings (SSSR count). The number of halogens is 2. The Hall–Kier alpha value is -1.56. The van der Waals surface area contributed by atoms with E-state index in [1.165, 1.54) is 5.56 Å². The average Bonchev–Trinajstić information content (AvgIpc) is 2.57. The average molecular weight is 425 g/mol. The molecule has 0 aliphatic carbocycles. The number of hydrogen-bond acceptors (Lipinski definition) is 3. The van der Waals surface area contributed by atoms with E-state index in [9.17, 15) is 4.79 Å². The van der Waals surface area contributed by atoms with Crippen LogP contribution in [0.1, 0.15) is 18.4 Å². The zero-order valence-corrected chi connectivity index (χ0v) is 16.4. The summed E-state index contributed by atoms with van der Waals surface area (Å²) in [6.45, 7) is 2.76. The van der Waals surface area contributed by atoms with Crippen LogP contribution in [0.4, 0.5) is 11.4 Å². The number of amides is 1. The van der Waals surface area contributed by atoms with E-state index in [1.807, 2.05) is 42.5 Å². The number of nitrogens with two attached hydrogens (primary N) is 1. The number of likely N-dealkylation sites (tertiary alicyclic amines) is 1. The maximum atomic E-state index is 12.5. The Morgan fingerprint density at radius 1 is 1.16 bits per heavy atom. The minimum atomic E-state index is 0. The van der Waals surface area contributed by atoms with E-state index in [1.54, 1.807) is 0 Å². The summed E-state index contributed by atoms with van der Waals surface area (Å²) in [6.07, 6.45) is 1.78. The Bertz CT molecular complexity index is 717. The van der Waals surface area contributed by atoms with E-state index in [2.05, 4.69) is 32.2 Å². The van der Waals surface area contributed by atoms with Gasteiger partial charge >= 0.3 is 0 Å². The number of carbonyl (C=O) groups is 1. The van der Waals surface area contributed by atoms with Crippen LogP contribution >= 0.6 is 28.3 Å². The fraction of sp³-hybridized carbons (Fsp3) is 0.316. The highest BCUT2D eigenvalue weighted by atomic mass is 79.9. The minimum absolute atomic E-state index is 0. The van der Waals surface area contributed by atoms with Crippen LogP contribution in [0.5, 0.6) is 0 Å². The first kappa shape index (κ1) is 19.8. The summed E-state index contributed by atoms with van der Waals surface area (Å²) in [4.78, 5) is 14.8. The lowest BCUT2D eigenvalue weighted by Crippen LogP contribution is -2.37. The van der Waals surface area contributed by atoms with Gasteiger partial charge in [0.15, 0.2) is 0 Å². The maximum absolute atomic E-state index is 12.5. The molecule has 1 aliphatic rings. The molecular weight excluding hydrogens is 402 g/mol. The zero-order valence-electron chi connectivity index (χ0n) is 14.0. The summed E-state index contributed by atoms with van der Waals surface area (Å²) in [5.74, 6) is 0.194. The van der Waals surface area contributed by atoms with Crippen LogP contribution in [-0.4, -0.2) is 23.9 Å². The second-order valence-electron chi connectivity index (χ2n) is 6.26. The molecule has 0 spiro atoms. The van der Waals surface area contributed by atoms with Gasteiger partial charge in [0, 0.05) is 22.6 Å². The molecule has 0 radical (unpaired) electrons. The van der Waals surface area contributed by atoms with Crippen molar-refractivity contribution in [2.24, 2.45) is 5.92 Å². The van der Waals surface area contributed by atoms with Crippen LogP contribution in [0, 0.1) is 5.92 Å². The largest absolute Gasteiger partial charge is 0.399 e. The van der Waals surface area contributed by atoms with Gasteiger partial charge in [-0.2, -0.15) is 0 Å². The van der Waals surface area contributed by atoms with Crippen molar-refractivity contribution in [1.82, 2.24) is 4.90 Å². The topological polar surface area (TPSA) is 58.4 Å². The van der Waals surface area contributed by atoms with Gasteiger partial charge in [-0.3, -0.25) is 9.69 Å². The van der Waals surface area contributed by atoms with E-state index >= 15 is 0 Å². The van der Waals surface area contributed by atoms with Crippen molar-refractivity contribution in [3.8, 4) is 0 Å². The van der Waals surface area contributed by atoms with Crippen LogP contribution in [0.3, 0.4) is 0 Å². The standard InChI is InChI=1S/C19H22BrN3O.ClH/c20-17-6-1-2-7-18(17)22-19(24)15-8-10-23(11-9-15)13-14-4-3-5-16(21)12-14;/h1-7,12,15H,8-11,13,21H2,(H,22,24);1H. The third-order valence-electron chi connectivity index (χ3n) is 4.45. The highest BCUT2D eigenvalue weighted by molar-refractivity contribution is 9.10. The number of hydrogen-bond donors (Lipinski definition) is 2. The van der Waals surface area contributed by atoms with Crippen molar-refractivity contribution in [3.63, 3.8) is 0 Å². The molecule has 0 atom stereocenters. The number of para-hydroxylation sites is 1. The Balaban J connectivity index is 0.00000225. The van der Waals surface area contributed by atoms with Gasteiger partial charge in [0.25, 0.3) is 0 Å². The van der Waals surface area contributed by atoms with E-state index in [4.69, 9.17) is 5.73 Å². The summed E-state index contributed by atoms with van der Waals surface area (Å²) in [7, 11) is 0. The van der Waals surface area contributed by atoms with Gasteiger partial charge in [0.1, 0.15) is 0 Å². The third-order valence-corrected chi connectivity index (χ3v) is 5.14. The van der Waals surface area contributed by atoms with Gasteiger partial charge in [0.05, 0.1) is 5.69 Å². The lowest BCUT2D eigenvalue weighted by atomic mass is 9.95. The fourth-order valence-corrected chi connectivity index (χ4v) is 3.48. The molecule has 2 aromatic carbocycles. The summed E-state index contributed by atoms with van der Waals surface area (Å²) < 4.78 is 0.914. The van der Waals surface area contributed by atoms with Crippen molar-refractivity contribution in [3.05, 3.63) is 58.6 Å². The molecule has 2 aromatic rings. The Labute approximate surface area is 163 Å². The molecule has 1 saturated heterocycles. The number of anilines is 2. The monoisotopic (exact) mass is 423 g/mol. The highest BCUT2D eigenvalue weighted by Crippen LogP contribution is 2.25. The van der Waals surface area contributed by atoms with Crippen LogP contribution in [0.2, 0.25) is 0 Å². The predicted molar refractivity (Wildman–Crippen MR) is 109 cm³/mol. The second-order valence-corrected chi connectivity index (χ2v) is 7.12. The molecule has 0 aromatic heterocycles. The summed E-state index contributed by atoms with van der Waals surface area (Å²) in [6, 6.07) is 15.7. The zero-order chi connectivity index (χ0) is 16.9. The molecule has 6 heteroatoms. The molecule has 1 aliphatic heterocycles. The number of nitrogens with zero attached hydrogens (tertiary/aromatic N) is 1. The number of nitrogen functional groups attached to an aromatic ring is 1. The molecule has 0 unspecified atom stereocenters. The molecule has 134 valence electrons. The van der Waals surface area contributed by atoms with Gasteiger partial charge in [-0.05, 0) is 71.7 Å². The Morgan fingerprint density at radius 2 is 1.88 bits per heavy atom. The first-order chi connectivity index (χ1) is 11.6. The number of piperidine rings is 1. The first-order valence-corrected chi connectivity index (χ1v) is 9.03. The summed E-state index contributed by atoms with van der Waals surface area (Å²) >= 11 is 3.47. The number of rotatable bonds is 4. The van der Waals surface area contributed by atoms with E-state index in [0.29, 0.717) is 0 Å². The summed E-state index contributed by atoms with van der Waals surface area (Å²) in [5, 5.41) is 3.03. The molecule has 1 amide bonds. The Morgan fingerprint density at radius 3 is 2.56 bits per heavy atom. The number of benzene rings is 2. The molecule has 1 heterocycles. The lowest BCUT2D eigenvalue weighted by molar-refractivity contribution is -0.121. The quantitative estimate of drug-likeness (QED) is 0.719. The summed E-state index contributed by atoms with van der Waals surface area (Å²) in [5.41, 5.74) is 8.70. The molecule has 1 fully saturated rings. The lowest BCUT2D eigenvalue weighted by Gasteiger charge is -2.31. The smallest absolute Gasteiger partial charge is 0.227 e. The van der Waals surface area contributed by atoms with E-state index < -0.39 is 0 Å². The second kappa shape index (κ2) is 9.22. The van der Waals surface area contributed by atoms with Gasteiger partial charge in [-0.15, -0.1) is 12.4 Å². The van der Waals surface area contributed by atoms with E-state index in [-0.39, 0.29) is 24.2 Å². The van der Waals surface area contributed by atoms with Crippen molar-refractivity contribution in [1.29, 1.82) is 0 Å². The van der Waals surface area contributed by atoms with Gasteiger partial charge in [-0.1, -0.05) is 24.3 Å². The van der Waals surface area contributed by atoms with Crippen LogP contribution in [0.15, 0.2) is 53.0 Å². The van der Waals surface area contributed by atoms with Gasteiger partial charge < -0.3 is 11.1 Å². The van der Waals surface area contributed by atoms with Gasteiger partial charge in [-0.25, -0.2) is 0 Å². The highest BCUT2D eigenvalue weighted by Gasteiger charge is 2.25. The molecule has 3 N–H and O–H groups in total.